The second-order valence-corrected chi connectivity index (χ2v) is 4.92. The minimum Gasteiger partial charge on any atom is -0.475 e. The van der Waals surface area contributed by atoms with Gasteiger partial charge in [0.05, 0.1) is 5.56 Å². The van der Waals surface area contributed by atoms with Crippen molar-refractivity contribution < 1.29 is 29.0 Å². The second kappa shape index (κ2) is 5.00. The van der Waals surface area contributed by atoms with E-state index < -0.39 is 23.7 Å². The molecule has 0 aliphatic rings. The SMILES string of the molecule is O=C(Nc1nn(C(=O)O)c2cc(C(=O)O)oc12)c1ccsc1. The van der Waals surface area contributed by atoms with Crippen molar-refractivity contribution in [2.24, 2.45) is 0 Å². The van der Waals surface area contributed by atoms with Crippen molar-refractivity contribution >= 4 is 46.2 Å². The Hall–Kier alpha value is -3.14. The number of fused-ring (bicyclic) bond motifs is 1. The quantitative estimate of drug-likeness (QED) is 0.672. The molecule has 112 valence electrons. The second-order valence-electron chi connectivity index (χ2n) is 4.14. The van der Waals surface area contributed by atoms with Crippen molar-refractivity contribution in [2.45, 2.75) is 0 Å². The predicted molar refractivity (Wildman–Crippen MR) is 74.7 cm³/mol. The van der Waals surface area contributed by atoms with Gasteiger partial charge in [-0.3, -0.25) is 4.79 Å². The number of furan rings is 1. The summed E-state index contributed by atoms with van der Waals surface area (Å²) in [6, 6.07) is 2.61. The molecule has 3 aromatic heterocycles. The topological polar surface area (TPSA) is 135 Å². The molecule has 0 aliphatic carbocycles. The summed E-state index contributed by atoms with van der Waals surface area (Å²) in [4.78, 5) is 34.0. The van der Waals surface area contributed by atoms with Gasteiger partial charge in [0.2, 0.25) is 5.76 Å². The number of aromatic carboxylic acids is 1. The van der Waals surface area contributed by atoms with Gasteiger partial charge in [-0.15, -0.1) is 5.10 Å². The molecule has 0 aromatic carbocycles. The molecule has 0 unspecified atom stereocenters. The van der Waals surface area contributed by atoms with E-state index in [2.05, 4.69) is 10.4 Å². The van der Waals surface area contributed by atoms with Gasteiger partial charge < -0.3 is 19.9 Å². The average molecular weight is 321 g/mol. The zero-order valence-corrected chi connectivity index (χ0v) is 11.5. The number of hydrogen-bond donors (Lipinski definition) is 3. The Bertz CT molecular complexity index is 892. The minimum absolute atomic E-state index is 0.0643. The average Bonchev–Trinajstić information content (AvgIpc) is 3.15. The lowest BCUT2D eigenvalue weighted by Gasteiger charge is -1.99. The first kappa shape index (κ1) is 13.8. The number of thiophene rings is 1. The van der Waals surface area contributed by atoms with Gasteiger partial charge >= 0.3 is 12.1 Å². The number of hydrogen-bond acceptors (Lipinski definition) is 6. The molecule has 0 saturated heterocycles. The van der Waals surface area contributed by atoms with Crippen LogP contribution >= 0.6 is 11.3 Å². The third kappa shape index (κ3) is 2.20. The Morgan fingerprint density at radius 3 is 2.68 bits per heavy atom. The molecule has 3 aromatic rings. The molecule has 0 radical (unpaired) electrons. The van der Waals surface area contributed by atoms with Gasteiger partial charge in [0, 0.05) is 11.4 Å². The number of anilines is 1. The third-order valence-electron chi connectivity index (χ3n) is 2.76. The Kier molecular flexibility index (Phi) is 3.14. The molecule has 0 aliphatic heterocycles. The van der Waals surface area contributed by atoms with E-state index in [0.717, 1.165) is 6.07 Å². The van der Waals surface area contributed by atoms with Gasteiger partial charge in [-0.2, -0.15) is 16.0 Å². The predicted octanol–water partition coefficient (Wildman–Crippen LogP) is 2.17. The molecule has 0 saturated carbocycles. The summed E-state index contributed by atoms with van der Waals surface area (Å²) in [5.41, 5.74) is 0.182. The smallest absolute Gasteiger partial charge is 0.432 e. The highest BCUT2D eigenvalue weighted by molar-refractivity contribution is 7.08. The highest BCUT2D eigenvalue weighted by atomic mass is 32.1. The molecule has 3 heterocycles. The van der Waals surface area contributed by atoms with Crippen LogP contribution in [0, 0.1) is 0 Å². The minimum atomic E-state index is -1.43. The van der Waals surface area contributed by atoms with Gasteiger partial charge in [-0.25, -0.2) is 9.59 Å². The van der Waals surface area contributed by atoms with Crippen molar-refractivity contribution in [3.05, 3.63) is 34.2 Å². The maximum atomic E-state index is 12.0. The van der Waals surface area contributed by atoms with Gasteiger partial charge in [-0.05, 0) is 11.4 Å². The standard InChI is InChI=1S/C12H7N3O6S/c16-10(5-1-2-22-4-5)13-9-8-6(15(14-9)12(19)20)3-7(21-8)11(17)18/h1-4H,(H,17,18)(H,19,20)(H,13,14,16). The van der Waals surface area contributed by atoms with E-state index >= 15 is 0 Å². The Balaban J connectivity index is 2.07. The zero-order valence-electron chi connectivity index (χ0n) is 10.6. The molecule has 0 spiro atoms. The summed E-state index contributed by atoms with van der Waals surface area (Å²) < 4.78 is 5.59. The monoisotopic (exact) mass is 321 g/mol. The number of aromatic nitrogens is 2. The maximum absolute atomic E-state index is 12.0. The van der Waals surface area contributed by atoms with Gasteiger partial charge in [0.1, 0.15) is 5.52 Å². The van der Waals surface area contributed by atoms with Crippen molar-refractivity contribution in [3.8, 4) is 0 Å². The van der Waals surface area contributed by atoms with Crippen LogP contribution in [0.5, 0.6) is 0 Å². The van der Waals surface area contributed by atoms with Crippen LogP contribution in [-0.2, 0) is 0 Å². The lowest BCUT2D eigenvalue weighted by molar-refractivity contribution is 0.0665. The van der Waals surface area contributed by atoms with Crippen molar-refractivity contribution in [1.29, 1.82) is 0 Å². The van der Waals surface area contributed by atoms with E-state index in [-0.39, 0.29) is 16.9 Å². The number of carboxylic acids is 1. The molecule has 3 N–H and O–H groups in total. The van der Waals surface area contributed by atoms with Crippen LogP contribution in [0.25, 0.3) is 11.1 Å². The first-order chi connectivity index (χ1) is 10.5. The van der Waals surface area contributed by atoms with Gasteiger partial charge in [-0.1, -0.05) is 0 Å². The largest absolute Gasteiger partial charge is 0.475 e. The first-order valence-electron chi connectivity index (χ1n) is 5.80. The lowest BCUT2D eigenvalue weighted by Crippen LogP contribution is -2.14. The van der Waals surface area contributed by atoms with Crippen molar-refractivity contribution in [2.75, 3.05) is 5.32 Å². The number of nitrogens with zero attached hydrogens (tertiary/aromatic N) is 2. The summed E-state index contributed by atoms with van der Waals surface area (Å²) in [6.45, 7) is 0. The maximum Gasteiger partial charge on any atom is 0.432 e. The molecule has 0 bridgehead atoms. The van der Waals surface area contributed by atoms with Crippen molar-refractivity contribution in [1.82, 2.24) is 9.78 Å². The number of carbonyl (C=O) groups excluding carboxylic acids is 1. The summed E-state index contributed by atoms with van der Waals surface area (Å²) in [7, 11) is 0. The third-order valence-corrected chi connectivity index (χ3v) is 3.45. The zero-order chi connectivity index (χ0) is 15.9. The van der Waals surface area contributed by atoms with E-state index in [4.69, 9.17) is 14.6 Å². The van der Waals surface area contributed by atoms with E-state index in [0.29, 0.717) is 10.2 Å². The number of carbonyl (C=O) groups is 3. The fourth-order valence-corrected chi connectivity index (χ4v) is 2.45. The van der Waals surface area contributed by atoms with Crippen LogP contribution in [0.2, 0.25) is 0 Å². The summed E-state index contributed by atoms with van der Waals surface area (Å²) >= 11 is 1.32. The van der Waals surface area contributed by atoms with Crippen LogP contribution < -0.4 is 5.32 Å². The number of carboxylic acid groups (broad SMARTS) is 2. The Morgan fingerprint density at radius 1 is 1.32 bits per heavy atom. The van der Waals surface area contributed by atoms with Crippen LogP contribution in [0.1, 0.15) is 20.9 Å². The fourth-order valence-electron chi connectivity index (χ4n) is 1.81. The normalized spacial score (nSPS) is 10.7. The van der Waals surface area contributed by atoms with E-state index in [1.165, 1.54) is 11.3 Å². The lowest BCUT2D eigenvalue weighted by atomic mass is 10.3. The molecule has 10 heteroatoms. The Morgan fingerprint density at radius 2 is 2.09 bits per heavy atom. The molecule has 0 fully saturated rings. The molecular weight excluding hydrogens is 314 g/mol. The molecule has 22 heavy (non-hydrogen) atoms. The van der Waals surface area contributed by atoms with Crippen LogP contribution in [-0.4, -0.2) is 38.0 Å². The van der Waals surface area contributed by atoms with E-state index in [1.54, 1.807) is 16.8 Å². The molecule has 9 nitrogen and oxygen atoms in total. The summed E-state index contributed by atoms with van der Waals surface area (Å²) in [5, 5.41) is 27.4. The van der Waals surface area contributed by atoms with E-state index in [1.807, 2.05) is 0 Å². The molecule has 3 rings (SSSR count). The molecule has 1 amide bonds. The van der Waals surface area contributed by atoms with Gasteiger partial charge in [0.15, 0.2) is 11.4 Å². The highest BCUT2D eigenvalue weighted by Crippen LogP contribution is 2.27. The number of rotatable bonds is 3. The fraction of sp³-hybridized carbons (Fsp3) is 0. The highest BCUT2D eigenvalue weighted by Gasteiger charge is 2.23. The number of nitrogens with one attached hydrogen (secondary N) is 1. The molecular formula is C12H7N3O6S. The molecule has 0 atom stereocenters. The van der Waals surface area contributed by atoms with Crippen LogP contribution in [0.3, 0.4) is 0 Å². The Labute approximate surface area is 125 Å². The number of amides is 1. The van der Waals surface area contributed by atoms with Crippen LogP contribution in [0.15, 0.2) is 27.3 Å². The first-order valence-corrected chi connectivity index (χ1v) is 6.74. The summed E-state index contributed by atoms with van der Waals surface area (Å²) in [6.07, 6.45) is -1.43. The van der Waals surface area contributed by atoms with Crippen molar-refractivity contribution in [3.63, 3.8) is 0 Å². The summed E-state index contributed by atoms with van der Waals surface area (Å²) in [5.74, 6) is -2.48. The van der Waals surface area contributed by atoms with E-state index in [9.17, 15) is 14.4 Å². The van der Waals surface area contributed by atoms with Crippen LogP contribution in [0.4, 0.5) is 10.6 Å². The van der Waals surface area contributed by atoms with Gasteiger partial charge in [0.25, 0.3) is 5.91 Å².